The largest absolute Gasteiger partial charge is 0.397 e. The summed E-state index contributed by atoms with van der Waals surface area (Å²) in [7, 11) is 0. The number of anilines is 2. The summed E-state index contributed by atoms with van der Waals surface area (Å²) >= 11 is 1.33. The molecule has 0 spiro atoms. The number of nitrogens with one attached hydrogen (secondary N) is 1. The number of carbonyl (C=O) groups is 1. The molecule has 5 N–H and O–H groups in total. The van der Waals surface area contributed by atoms with Crippen LogP contribution >= 0.6 is 11.3 Å². The molecule has 18 heavy (non-hydrogen) atoms. The molecule has 1 aromatic heterocycles. The number of amides is 1. The van der Waals surface area contributed by atoms with Gasteiger partial charge in [0, 0.05) is 6.54 Å². The molecule has 0 aliphatic rings. The minimum Gasteiger partial charge on any atom is -0.397 e. The highest BCUT2D eigenvalue weighted by Crippen LogP contribution is 2.29. The van der Waals surface area contributed by atoms with Crippen LogP contribution in [0.15, 0.2) is 6.07 Å². The molecule has 0 radical (unpaired) electrons. The Morgan fingerprint density at radius 2 is 2.22 bits per heavy atom. The Labute approximate surface area is 113 Å². The molecule has 1 unspecified atom stereocenters. The van der Waals surface area contributed by atoms with E-state index < -0.39 is 5.91 Å². The Morgan fingerprint density at radius 3 is 2.72 bits per heavy atom. The molecule has 0 fully saturated rings. The van der Waals surface area contributed by atoms with Crippen LogP contribution in [0.4, 0.5) is 10.7 Å². The van der Waals surface area contributed by atoms with E-state index in [0.717, 1.165) is 18.0 Å². The van der Waals surface area contributed by atoms with E-state index in [2.05, 4.69) is 19.2 Å². The molecule has 102 valence electrons. The molecule has 0 aliphatic carbocycles. The van der Waals surface area contributed by atoms with E-state index in [-0.39, 0.29) is 0 Å². The van der Waals surface area contributed by atoms with Crippen LogP contribution in [-0.2, 0) is 0 Å². The van der Waals surface area contributed by atoms with Crippen molar-refractivity contribution in [3.05, 3.63) is 10.9 Å². The van der Waals surface area contributed by atoms with Gasteiger partial charge < -0.3 is 16.8 Å². The van der Waals surface area contributed by atoms with Gasteiger partial charge in [0.25, 0.3) is 5.91 Å². The van der Waals surface area contributed by atoms with Crippen molar-refractivity contribution in [3.8, 4) is 0 Å². The minimum absolute atomic E-state index is 0.444. The first-order valence-corrected chi connectivity index (χ1v) is 7.33. The van der Waals surface area contributed by atoms with Gasteiger partial charge in [-0.25, -0.2) is 0 Å². The van der Waals surface area contributed by atoms with Crippen LogP contribution in [0.25, 0.3) is 0 Å². The Hall–Kier alpha value is -1.23. The predicted molar refractivity (Wildman–Crippen MR) is 79.0 cm³/mol. The first-order chi connectivity index (χ1) is 8.58. The van der Waals surface area contributed by atoms with Gasteiger partial charge in [0.2, 0.25) is 0 Å². The summed E-state index contributed by atoms with van der Waals surface area (Å²) in [4.78, 5) is 11.5. The highest BCUT2D eigenvalue weighted by molar-refractivity contribution is 7.18. The second-order valence-corrected chi connectivity index (χ2v) is 5.61. The first-order valence-electron chi connectivity index (χ1n) is 6.51. The average molecular weight is 269 g/mol. The van der Waals surface area contributed by atoms with Crippen LogP contribution in [0.2, 0.25) is 0 Å². The van der Waals surface area contributed by atoms with Crippen molar-refractivity contribution in [2.45, 2.75) is 39.5 Å². The van der Waals surface area contributed by atoms with E-state index in [0.29, 0.717) is 16.5 Å². The van der Waals surface area contributed by atoms with Gasteiger partial charge in [-0.05, 0) is 18.4 Å². The van der Waals surface area contributed by atoms with Crippen LogP contribution in [0, 0.1) is 5.92 Å². The summed E-state index contributed by atoms with van der Waals surface area (Å²) in [5, 5.41) is 4.28. The van der Waals surface area contributed by atoms with Gasteiger partial charge in [0.15, 0.2) is 0 Å². The monoisotopic (exact) mass is 269 g/mol. The molecular formula is C13H23N3OS. The average Bonchev–Trinajstić information content (AvgIpc) is 2.71. The molecule has 1 aromatic rings. The molecule has 5 heteroatoms. The summed E-state index contributed by atoms with van der Waals surface area (Å²) < 4.78 is 0. The lowest BCUT2D eigenvalue weighted by Gasteiger charge is -2.14. The van der Waals surface area contributed by atoms with Crippen LogP contribution in [0.5, 0.6) is 0 Å². The fraction of sp³-hybridized carbons (Fsp3) is 0.615. The number of rotatable bonds is 8. The molecule has 0 bridgehead atoms. The maximum absolute atomic E-state index is 11.1. The highest BCUT2D eigenvalue weighted by Gasteiger charge is 2.12. The number of nitrogen functional groups attached to an aromatic ring is 1. The molecule has 1 heterocycles. The van der Waals surface area contributed by atoms with Gasteiger partial charge in [-0.2, -0.15) is 0 Å². The first kappa shape index (κ1) is 14.8. The SMILES string of the molecule is CCCCC(CC)CNc1cc(N)c(C(N)=O)s1. The van der Waals surface area contributed by atoms with Crippen molar-refractivity contribution in [2.24, 2.45) is 11.7 Å². The lowest BCUT2D eigenvalue weighted by molar-refractivity contribution is 0.100. The summed E-state index contributed by atoms with van der Waals surface area (Å²) in [5.41, 5.74) is 11.4. The predicted octanol–water partition coefficient (Wildman–Crippen LogP) is 3.06. The number of carbonyl (C=O) groups excluding carboxylic acids is 1. The zero-order chi connectivity index (χ0) is 13.5. The van der Waals surface area contributed by atoms with E-state index >= 15 is 0 Å². The van der Waals surface area contributed by atoms with Gasteiger partial charge in [0.1, 0.15) is 4.88 Å². The maximum Gasteiger partial charge on any atom is 0.260 e. The van der Waals surface area contributed by atoms with Crippen LogP contribution in [0.1, 0.15) is 49.2 Å². The molecular weight excluding hydrogens is 246 g/mol. The smallest absolute Gasteiger partial charge is 0.260 e. The van der Waals surface area contributed by atoms with Crippen molar-refractivity contribution in [1.82, 2.24) is 0 Å². The number of nitrogens with two attached hydrogens (primary N) is 2. The standard InChI is InChI=1S/C13H23N3OS/c1-3-5-6-9(4-2)8-16-11-7-10(14)12(18-11)13(15)17/h7,9,16H,3-6,8,14H2,1-2H3,(H2,15,17). The molecule has 0 saturated heterocycles. The highest BCUT2D eigenvalue weighted by atomic mass is 32.1. The number of thiophene rings is 1. The Kier molecular flexibility index (Phi) is 5.98. The summed E-state index contributed by atoms with van der Waals surface area (Å²) in [6, 6.07) is 1.79. The number of hydrogen-bond acceptors (Lipinski definition) is 4. The van der Waals surface area contributed by atoms with Crippen molar-refractivity contribution in [1.29, 1.82) is 0 Å². The van der Waals surface area contributed by atoms with E-state index in [1.54, 1.807) is 6.07 Å². The molecule has 4 nitrogen and oxygen atoms in total. The van der Waals surface area contributed by atoms with Gasteiger partial charge in [-0.15, -0.1) is 11.3 Å². The van der Waals surface area contributed by atoms with E-state index in [1.807, 2.05) is 0 Å². The lowest BCUT2D eigenvalue weighted by atomic mass is 9.99. The van der Waals surface area contributed by atoms with Crippen molar-refractivity contribution >= 4 is 27.9 Å². The van der Waals surface area contributed by atoms with Gasteiger partial charge in [-0.1, -0.05) is 33.1 Å². The van der Waals surface area contributed by atoms with Crippen LogP contribution in [0.3, 0.4) is 0 Å². The molecule has 1 amide bonds. The second kappa shape index (κ2) is 7.26. The number of hydrogen-bond donors (Lipinski definition) is 3. The van der Waals surface area contributed by atoms with E-state index in [4.69, 9.17) is 11.5 Å². The van der Waals surface area contributed by atoms with E-state index in [1.165, 1.54) is 30.6 Å². The normalized spacial score (nSPS) is 12.3. The molecule has 0 aliphatic heterocycles. The topological polar surface area (TPSA) is 81.1 Å². The summed E-state index contributed by atoms with van der Waals surface area (Å²) in [5.74, 6) is 0.217. The molecule has 1 atom stereocenters. The van der Waals surface area contributed by atoms with Crippen molar-refractivity contribution in [3.63, 3.8) is 0 Å². The van der Waals surface area contributed by atoms with Gasteiger partial charge >= 0.3 is 0 Å². The third-order valence-electron chi connectivity index (χ3n) is 3.09. The van der Waals surface area contributed by atoms with Crippen molar-refractivity contribution in [2.75, 3.05) is 17.6 Å². The molecule has 1 rings (SSSR count). The van der Waals surface area contributed by atoms with Crippen molar-refractivity contribution < 1.29 is 4.79 Å². The Morgan fingerprint density at radius 1 is 1.50 bits per heavy atom. The number of unbranched alkanes of at least 4 members (excludes halogenated alkanes) is 1. The quantitative estimate of drug-likeness (QED) is 0.678. The van der Waals surface area contributed by atoms with Crippen LogP contribution in [-0.4, -0.2) is 12.5 Å². The number of primary amides is 1. The van der Waals surface area contributed by atoms with E-state index in [9.17, 15) is 4.79 Å². The maximum atomic E-state index is 11.1. The lowest BCUT2D eigenvalue weighted by Crippen LogP contribution is -2.13. The molecule has 0 saturated carbocycles. The minimum atomic E-state index is -0.455. The fourth-order valence-electron chi connectivity index (χ4n) is 1.87. The van der Waals surface area contributed by atoms with Crippen LogP contribution < -0.4 is 16.8 Å². The second-order valence-electron chi connectivity index (χ2n) is 4.56. The Bertz CT molecular complexity index is 390. The zero-order valence-electron chi connectivity index (χ0n) is 11.2. The fourth-order valence-corrected chi connectivity index (χ4v) is 2.71. The summed E-state index contributed by atoms with van der Waals surface area (Å²) in [6.45, 7) is 5.34. The molecule has 0 aromatic carbocycles. The third kappa shape index (κ3) is 4.22. The van der Waals surface area contributed by atoms with Gasteiger partial charge in [0.05, 0.1) is 10.7 Å². The zero-order valence-corrected chi connectivity index (χ0v) is 12.0. The third-order valence-corrected chi connectivity index (χ3v) is 4.22. The van der Waals surface area contributed by atoms with Gasteiger partial charge in [-0.3, -0.25) is 4.79 Å². The Balaban J connectivity index is 2.51. The summed E-state index contributed by atoms with van der Waals surface area (Å²) in [6.07, 6.45) is 4.90.